The molecule has 0 aromatic carbocycles. The van der Waals surface area contributed by atoms with E-state index >= 15 is 0 Å². The molecule has 2 aliphatic rings. The summed E-state index contributed by atoms with van der Waals surface area (Å²) in [5.41, 5.74) is 0.374. The first kappa shape index (κ1) is 12.8. The first-order valence-electron chi connectivity index (χ1n) is 5.79. The summed E-state index contributed by atoms with van der Waals surface area (Å²) >= 11 is 3.03. The average Bonchev–Trinajstić information content (AvgIpc) is 2.50. The van der Waals surface area contributed by atoms with Gasteiger partial charge in [0.15, 0.2) is 0 Å². The Morgan fingerprint density at radius 2 is 2.00 bits per heavy atom. The first-order valence-corrected chi connectivity index (χ1v) is 8.56. The molecule has 0 aromatic heterocycles. The molecule has 16 heavy (non-hydrogen) atoms. The predicted octanol–water partition coefficient (Wildman–Crippen LogP) is 2.47. The van der Waals surface area contributed by atoms with Gasteiger partial charge in [0.25, 0.3) is 0 Å². The molecular weight excluding hydrogens is 290 g/mol. The molecular formula is C11H20BrNO2S. The van der Waals surface area contributed by atoms with Gasteiger partial charge in [-0.05, 0) is 36.0 Å². The zero-order valence-corrected chi connectivity index (χ0v) is 12.5. The maximum Gasteiger partial charge on any atom is 0.221 e. The minimum atomic E-state index is -3.15. The van der Waals surface area contributed by atoms with Crippen molar-refractivity contribution < 1.29 is 8.42 Å². The maximum atomic E-state index is 11.6. The van der Waals surface area contributed by atoms with Crippen LogP contribution in [-0.4, -0.2) is 19.1 Å². The number of alkyl halides is 1. The monoisotopic (exact) mass is 309 g/mol. The molecule has 0 amide bonds. The van der Waals surface area contributed by atoms with Crippen molar-refractivity contribution in [3.8, 4) is 0 Å². The van der Waals surface area contributed by atoms with E-state index in [1.165, 1.54) is 6.42 Å². The van der Waals surface area contributed by atoms with Crippen LogP contribution in [0.4, 0.5) is 0 Å². The summed E-state index contributed by atoms with van der Waals surface area (Å²) in [6, 6.07) is 0.115. The smallest absolute Gasteiger partial charge is 0.212 e. The molecule has 94 valence electrons. The van der Waals surface area contributed by atoms with Gasteiger partial charge >= 0.3 is 0 Å². The van der Waals surface area contributed by atoms with Gasteiger partial charge in [0.2, 0.25) is 10.0 Å². The summed E-state index contributed by atoms with van der Waals surface area (Å²) in [6.07, 6.45) is 3.38. The van der Waals surface area contributed by atoms with Gasteiger partial charge in [0, 0.05) is 6.04 Å². The molecule has 2 bridgehead atoms. The summed E-state index contributed by atoms with van der Waals surface area (Å²) in [6.45, 7) is 6.81. The van der Waals surface area contributed by atoms with Crippen molar-refractivity contribution in [2.24, 2.45) is 16.7 Å². The summed E-state index contributed by atoms with van der Waals surface area (Å²) in [5.74, 6) is 0.667. The highest BCUT2D eigenvalue weighted by molar-refractivity contribution is 9.10. The number of rotatable bonds is 3. The number of halogens is 1. The van der Waals surface area contributed by atoms with E-state index in [0.29, 0.717) is 5.92 Å². The molecule has 2 fully saturated rings. The lowest BCUT2D eigenvalue weighted by atomic mass is 9.69. The summed E-state index contributed by atoms with van der Waals surface area (Å²) in [7, 11) is -3.15. The zero-order valence-electron chi connectivity index (χ0n) is 10.1. The molecule has 3 atom stereocenters. The van der Waals surface area contributed by atoms with Gasteiger partial charge < -0.3 is 0 Å². The molecule has 2 saturated carbocycles. The molecule has 0 saturated heterocycles. The van der Waals surface area contributed by atoms with E-state index in [1.54, 1.807) is 0 Å². The van der Waals surface area contributed by atoms with Gasteiger partial charge in [-0.15, -0.1) is 0 Å². The van der Waals surface area contributed by atoms with Crippen molar-refractivity contribution in [1.82, 2.24) is 4.72 Å². The normalized spacial score (nSPS) is 41.5. The Kier molecular flexibility index (Phi) is 2.96. The van der Waals surface area contributed by atoms with Crippen LogP contribution in [-0.2, 0) is 10.0 Å². The SMILES string of the molecule is CC1(C)C2CCC1(C)C(NS(=O)(=O)CBr)C2. The molecule has 3 nitrogen and oxygen atoms in total. The van der Waals surface area contributed by atoms with Crippen molar-refractivity contribution in [2.45, 2.75) is 46.1 Å². The number of nitrogens with one attached hydrogen (secondary N) is 1. The summed E-state index contributed by atoms with van der Waals surface area (Å²) in [4.78, 5) is 0. The van der Waals surface area contributed by atoms with E-state index in [-0.39, 0.29) is 21.5 Å². The minimum Gasteiger partial charge on any atom is -0.212 e. The molecule has 0 aromatic rings. The van der Waals surface area contributed by atoms with Crippen molar-refractivity contribution in [3.05, 3.63) is 0 Å². The topological polar surface area (TPSA) is 46.2 Å². The first-order chi connectivity index (χ1) is 7.23. The zero-order chi connectivity index (χ0) is 12.2. The second-order valence-electron chi connectivity index (χ2n) is 6.00. The quantitative estimate of drug-likeness (QED) is 0.814. The Balaban J connectivity index is 2.23. The lowest BCUT2D eigenvalue weighted by Crippen LogP contribution is -2.47. The van der Waals surface area contributed by atoms with Crippen molar-refractivity contribution in [1.29, 1.82) is 0 Å². The summed E-state index contributed by atoms with van der Waals surface area (Å²) in [5, 5.41) is 0. The van der Waals surface area contributed by atoms with Gasteiger partial charge in [-0.2, -0.15) is 0 Å². The third-order valence-electron chi connectivity index (χ3n) is 5.26. The van der Waals surface area contributed by atoms with Crippen molar-refractivity contribution in [2.75, 3.05) is 4.66 Å². The number of hydrogen-bond acceptors (Lipinski definition) is 2. The van der Waals surface area contributed by atoms with Gasteiger partial charge in [-0.3, -0.25) is 0 Å². The fourth-order valence-corrected chi connectivity index (χ4v) is 4.88. The van der Waals surface area contributed by atoms with Crippen LogP contribution in [0.1, 0.15) is 40.0 Å². The second-order valence-corrected chi connectivity index (χ2v) is 9.06. The Bertz CT molecular complexity index is 393. The highest BCUT2D eigenvalue weighted by Gasteiger charge is 2.61. The Morgan fingerprint density at radius 3 is 2.38 bits per heavy atom. The third-order valence-corrected chi connectivity index (χ3v) is 8.00. The molecule has 2 aliphatic carbocycles. The summed E-state index contributed by atoms with van der Waals surface area (Å²) < 4.78 is 26.1. The number of hydrogen-bond donors (Lipinski definition) is 1. The highest BCUT2D eigenvalue weighted by Crippen LogP contribution is 2.65. The molecule has 0 aliphatic heterocycles. The van der Waals surface area contributed by atoms with Crippen LogP contribution in [0.15, 0.2) is 0 Å². The molecule has 2 rings (SSSR count). The fraction of sp³-hybridized carbons (Fsp3) is 1.00. The average molecular weight is 310 g/mol. The van der Waals surface area contributed by atoms with Crippen LogP contribution >= 0.6 is 15.9 Å². The van der Waals surface area contributed by atoms with Gasteiger partial charge in [-0.25, -0.2) is 13.1 Å². The standard InChI is InChI=1S/C11H20BrNO2S/c1-10(2)8-4-5-11(10,3)9(6-8)13-16(14,15)7-12/h8-9,13H,4-7H2,1-3H3. The van der Waals surface area contributed by atoms with Crippen LogP contribution in [0.25, 0.3) is 0 Å². The third kappa shape index (κ3) is 1.66. The van der Waals surface area contributed by atoms with Crippen LogP contribution < -0.4 is 4.72 Å². The van der Waals surface area contributed by atoms with E-state index in [0.717, 1.165) is 12.8 Å². The lowest BCUT2D eigenvalue weighted by molar-refractivity contribution is 0.130. The van der Waals surface area contributed by atoms with Crippen LogP contribution in [0.5, 0.6) is 0 Å². The highest BCUT2D eigenvalue weighted by atomic mass is 79.9. The van der Waals surface area contributed by atoms with Crippen LogP contribution in [0.2, 0.25) is 0 Å². The van der Waals surface area contributed by atoms with Gasteiger partial charge in [0.1, 0.15) is 4.66 Å². The molecule has 3 unspecified atom stereocenters. The fourth-order valence-electron chi connectivity index (χ4n) is 3.63. The van der Waals surface area contributed by atoms with Gasteiger partial charge in [0.05, 0.1) is 0 Å². The van der Waals surface area contributed by atoms with Crippen LogP contribution in [0.3, 0.4) is 0 Å². The van der Waals surface area contributed by atoms with Crippen LogP contribution in [0, 0.1) is 16.7 Å². The van der Waals surface area contributed by atoms with E-state index in [2.05, 4.69) is 41.4 Å². The number of fused-ring (bicyclic) bond motifs is 2. The number of sulfonamides is 1. The molecule has 0 heterocycles. The maximum absolute atomic E-state index is 11.6. The van der Waals surface area contributed by atoms with E-state index in [1.807, 2.05) is 0 Å². The predicted molar refractivity (Wildman–Crippen MR) is 68.9 cm³/mol. The van der Waals surface area contributed by atoms with E-state index in [9.17, 15) is 8.42 Å². The van der Waals surface area contributed by atoms with Crippen molar-refractivity contribution in [3.63, 3.8) is 0 Å². The molecule has 0 radical (unpaired) electrons. The molecule has 1 N–H and O–H groups in total. The van der Waals surface area contributed by atoms with Crippen molar-refractivity contribution >= 4 is 26.0 Å². The Hall–Kier alpha value is 0.390. The Morgan fingerprint density at radius 1 is 1.38 bits per heavy atom. The lowest BCUT2D eigenvalue weighted by Gasteiger charge is -2.39. The Labute approximate surface area is 107 Å². The van der Waals surface area contributed by atoms with E-state index in [4.69, 9.17) is 0 Å². The second kappa shape index (κ2) is 3.69. The largest absolute Gasteiger partial charge is 0.221 e. The molecule has 5 heteroatoms. The minimum absolute atomic E-state index is 0.00231. The molecule has 0 spiro atoms. The van der Waals surface area contributed by atoms with E-state index < -0.39 is 10.0 Å². The van der Waals surface area contributed by atoms with Gasteiger partial charge in [-0.1, -0.05) is 36.7 Å².